The minimum absolute atomic E-state index is 0.176. The third-order valence-electron chi connectivity index (χ3n) is 2.95. The highest BCUT2D eigenvalue weighted by atomic mass is 16.5. The van der Waals surface area contributed by atoms with Gasteiger partial charge in [-0.3, -0.25) is 4.79 Å². The van der Waals surface area contributed by atoms with Crippen LogP contribution in [0, 0.1) is 5.92 Å². The number of carbonyl (C=O) groups is 1. The van der Waals surface area contributed by atoms with Gasteiger partial charge in [0.15, 0.2) is 0 Å². The minimum Gasteiger partial charge on any atom is -0.383 e. The van der Waals surface area contributed by atoms with E-state index in [-0.39, 0.29) is 12.3 Å². The molecule has 0 aromatic carbocycles. The number of rotatable bonds is 7. The Morgan fingerprint density at radius 3 is 2.94 bits per heavy atom. The molecule has 1 heterocycles. The summed E-state index contributed by atoms with van der Waals surface area (Å²) < 4.78 is 6.86. The lowest BCUT2D eigenvalue weighted by Gasteiger charge is -2.06. The van der Waals surface area contributed by atoms with Gasteiger partial charge in [0.1, 0.15) is 0 Å². The number of amides is 1. The van der Waals surface area contributed by atoms with Gasteiger partial charge in [-0.05, 0) is 25.2 Å². The summed E-state index contributed by atoms with van der Waals surface area (Å²) in [5.41, 5.74) is 6.98. The third-order valence-corrected chi connectivity index (χ3v) is 2.95. The first-order valence-electron chi connectivity index (χ1n) is 5.89. The summed E-state index contributed by atoms with van der Waals surface area (Å²) in [5.74, 6) is 0.363. The fourth-order valence-corrected chi connectivity index (χ4v) is 1.85. The average Bonchev–Trinajstić information content (AvgIpc) is 3.02. The quantitative estimate of drug-likeness (QED) is 0.719. The third kappa shape index (κ3) is 3.26. The highest BCUT2D eigenvalue weighted by Gasteiger charge is 2.26. The van der Waals surface area contributed by atoms with Gasteiger partial charge < -0.3 is 10.5 Å². The number of primary amides is 1. The van der Waals surface area contributed by atoms with Gasteiger partial charge in [0.25, 0.3) is 0 Å². The summed E-state index contributed by atoms with van der Waals surface area (Å²) in [5, 5.41) is 8.11. The topological polar surface area (TPSA) is 83.0 Å². The van der Waals surface area contributed by atoms with Crippen LogP contribution in [-0.4, -0.2) is 34.6 Å². The summed E-state index contributed by atoms with van der Waals surface area (Å²) in [6.07, 6.45) is 3.63. The molecule has 2 N–H and O–H groups in total. The van der Waals surface area contributed by atoms with Gasteiger partial charge in [-0.1, -0.05) is 5.21 Å². The van der Waals surface area contributed by atoms with E-state index in [0.717, 1.165) is 23.7 Å². The number of methoxy groups -OCH3 is 1. The Kier molecular flexibility index (Phi) is 3.73. The molecule has 1 aliphatic carbocycles. The van der Waals surface area contributed by atoms with Crippen LogP contribution in [0.1, 0.15) is 24.2 Å². The van der Waals surface area contributed by atoms with Gasteiger partial charge in [-0.2, -0.15) is 0 Å². The van der Waals surface area contributed by atoms with Crippen molar-refractivity contribution in [3.05, 3.63) is 11.4 Å². The Bertz CT molecular complexity index is 398. The molecule has 1 aromatic heterocycles. The molecule has 1 aliphatic rings. The predicted molar refractivity (Wildman–Crippen MR) is 61.2 cm³/mol. The zero-order valence-corrected chi connectivity index (χ0v) is 10.1. The molecule has 1 fully saturated rings. The Balaban J connectivity index is 2.12. The lowest BCUT2D eigenvalue weighted by Crippen LogP contribution is -2.16. The number of aromatic nitrogens is 3. The number of carbonyl (C=O) groups excluding carboxylic acids is 1. The van der Waals surface area contributed by atoms with Crippen molar-refractivity contribution in [1.29, 1.82) is 0 Å². The van der Waals surface area contributed by atoms with E-state index in [1.165, 1.54) is 12.8 Å². The standard InChI is InChI=1S/C11H18N4O2/c1-17-5-4-15-10(6-8-2-3-8)9(13-14-15)7-11(12)16/h8H,2-7H2,1H3,(H2,12,16). The maximum absolute atomic E-state index is 11.0. The molecule has 17 heavy (non-hydrogen) atoms. The summed E-state index contributed by atoms with van der Waals surface area (Å²) >= 11 is 0. The molecule has 1 amide bonds. The van der Waals surface area contributed by atoms with E-state index in [1.807, 2.05) is 4.68 Å². The van der Waals surface area contributed by atoms with Crippen LogP contribution in [0.15, 0.2) is 0 Å². The number of nitrogens with zero attached hydrogens (tertiary/aromatic N) is 3. The van der Waals surface area contributed by atoms with Crippen molar-refractivity contribution < 1.29 is 9.53 Å². The molecule has 0 radical (unpaired) electrons. The Morgan fingerprint density at radius 2 is 2.35 bits per heavy atom. The molecule has 0 unspecified atom stereocenters. The van der Waals surface area contributed by atoms with Gasteiger partial charge >= 0.3 is 0 Å². The average molecular weight is 238 g/mol. The van der Waals surface area contributed by atoms with E-state index < -0.39 is 0 Å². The van der Waals surface area contributed by atoms with Crippen molar-refractivity contribution in [2.75, 3.05) is 13.7 Å². The van der Waals surface area contributed by atoms with Crippen LogP contribution in [0.5, 0.6) is 0 Å². The second-order valence-electron chi connectivity index (χ2n) is 4.49. The number of hydrogen-bond acceptors (Lipinski definition) is 4. The molecular formula is C11H18N4O2. The molecule has 0 bridgehead atoms. The molecule has 0 aliphatic heterocycles. The van der Waals surface area contributed by atoms with Crippen LogP contribution >= 0.6 is 0 Å². The zero-order chi connectivity index (χ0) is 12.3. The van der Waals surface area contributed by atoms with Gasteiger partial charge in [0.2, 0.25) is 5.91 Å². The van der Waals surface area contributed by atoms with Crippen molar-refractivity contribution >= 4 is 5.91 Å². The van der Waals surface area contributed by atoms with E-state index in [4.69, 9.17) is 10.5 Å². The van der Waals surface area contributed by atoms with Crippen molar-refractivity contribution in [2.45, 2.75) is 32.2 Å². The van der Waals surface area contributed by atoms with Crippen molar-refractivity contribution in [3.8, 4) is 0 Å². The van der Waals surface area contributed by atoms with Crippen LogP contribution in [-0.2, 0) is 28.9 Å². The van der Waals surface area contributed by atoms with E-state index in [9.17, 15) is 4.79 Å². The molecule has 0 spiro atoms. The lowest BCUT2D eigenvalue weighted by atomic mass is 10.1. The SMILES string of the molecule is COCCn1nnc(CC(N)=O)c1CC1CC1. The van der Waals surface area contributed by atoms with E-state index >= 15 is 0 Å². The lowest BCUT2D eigenvalue weighted by molar-refractivity contribution is -0.117. The van der Waals surface area contributed by atoms with Crippen LogP contribution < -0.4 is 5.73 Å². The number of nitrogens with two attached hydrogens (primary N) is 1. The van der Waals surface area contributed by atoms with E-state index in [0.29, 0.717) is 13.2 Å². The Hall–Kier alpha value is -1.43. The maximum atomic E-state index is 11.0. The van der Waals surface area contributed by atoms with Gasteiger partial charge in [-0.25, -0.2) is 4.68 Å². The summed E-state index contributed by atoms with van der Waals surface area (Å²) in [4.78, 5) is 11.0. The monoisotopic (exact) mass is 238 g/mol. The summed E-state index contributed by atoms with van der Waals surface area (Å²) in [6.45, 7) is 1.27. The summed E-state index contributed by atoms with van der Waals surface area (Å²) in [6, 6.07) is 0. The maximum Gasteiger partial charge on any atom is 0.223 e. The highest BCUT2D eigenvalue weighted by molar-refractivity contribution is 5.76. The molecule has 6 heteroatoms. The van der Waals surface area contributed by atoms with Crippen LogP contribution in [0.4, 0.5) is 0 Å². The van der Waals surface area contributed by atoms with E-state index in [1.54, 1.807) is 7.11 Å². The van der Waals surface area contributed by atoms with Crippen LogP contribution in [0.2, 0.25) is 0 Å². The first-order chi connectivity index (χ1) is 8.20. The molecule has 0 atom stereocenters. The first kappa shape index (κ1) is 12.0. The van der Waals surface area contributed by atoms with Crippen molar-refractivity contribution in [1.82, 2.24) is 15.0 Å². The molecule has 1 saturated carbocycles. The predicted octanol–water partition coefficient (Wildman–Crippen LogP) is -0.0952. The second-order valence-corrected chi connectivity index (χ2v) is 4.49. The highest BCUT2D eigenvalue weighted by Crippen LogP contribution is 2.33. The molecule has 6 nitrogen and oxygen atoms in total. The van der Waals surface area contributed by atoms with Gasteiger partial charge in [0, 0.05) is 7.11 Å². The van der Waals surface area contributed by atoms with Crippen LogP contribution in [0.25, 0.3) is 0 Å². The Morgan fingerprint density at radius 1 is 1.59 bits per heavy atom. The molecule has 0 saturated heterocycles. The number of hydrogen-bond donors (Lipinski definition) is 1. The molecule has 1 aromatic rings. The Labute approximate surface area is 100 Å². The van der Waals surface area contributed by atoms with Crippen molar-refractivity contribution in [3.63, 3.8) is 0 Å². The van der Waals surface area contributed by atoms with Gasteiger partial charge in [0.05, 0.1) is 31.0 Å². The molecule has 94 valence electrons. The molecular weight excluding hydrogens is 220 g/mol. The normalized spacial score (nSPS) is 15.1. The summed E-state index contributed by atoms with van der Waals surface area (Å²) in [7, 11) is 1.65. The van der Waals surface area contributed by atoms with Crippen LogP contribution in [0.3, 0.4) is 0 Å². The fourth-order valence-electron chi connectivity index (χ4n) is 1.85. The first-order valence-corrected chi connectivity index (χ1v) is 5.89. The van der Waals surface area contributed by atoms with Crippen molar-refractivity contribution in [2.24, 2.45) is 11.7 Å². The smallest absolute Gasteiger partial charge is 0.223 e. The minimum atomic E-state index is -0.360. The second kappa shape index (κ2) is 5.27. The molecule has 2 rings (SSSR count). The zero-order valence-electron chi connectivity index (χ0n) is 10.1. The number of ether oxygens (including phenoxy) is 1. The largest absolute Gasteiger partial charge is 0.383 e. The van der Waals surface area contributed by atoms with E-state index in [2.05, 4.69) is 10.3 Å². The fraction of sp³-hybridized carbons (Fsp3) is 0.727. The van der Waals surface area contributed by atoms with Gasteiger partial charge in [-0.15, -0.1) is 5.10 Å².